The molecule has 7 aromatic carbocycles. The molecule has 2 heteroatoms. The molecule has 0 spiro atoms. The number of hydrogen-bond donors (Lipinski definition) is 0. The third-order valence-corrected chi connectivity index (χ3v) is 10.3. The van der Waals surface area contributed by atoms with E-state index in [9.17, 15) is 0 Å². The summed E-state index contributed by atoms with van der Waals surface area (Å²) in [6.45, 7) is 12.5. The lowest BCUT2D eigenvalue weighted by Gasteiger charge is -2.13. The second-order valence-electron chi connectivity index (χ2n) is 12.5. The third kappa shape index (κ3) is 5.81. The summed E-state index contributed by atoms with van der Waals surface area (Å²) in [7, 11) is 0. The Balaban J connectivity index is 0.000000201. The highest BCUT2D eigenvalue weighted by Gasteiger charge is 2.22. The fraction of sp³-hybridized carbons (Fsp3) is 0.0870. The van der Waals surface area contributed by atoms with Crippen molar-refractivity contribution in [2.24, 2.45) is 0 Å². The highest BCUT2D eigenvalue weighted by atomic mass is 32.1. The zero-order chi connectivity index (χ0) is 33.2. The van der Waals surface area contributed by atoms with E-state index >= 15 is 0 Å². The molecule has 0 atom stereocenters. The van der Waals surface area contributed by atoms with Crippen LogP contribution >= 0.6 is 11.3 Å². The van der Waals surface area contributed by atoms with Crippen LogP contribution in [-0.4, -0.2) is 4.57 Å². The highest BCUT2D eigenvalue weighted by molar-refractivity contribution is 7.26. The number of aryl methyl sites for hydroxylation is 3. The molecule has 9 rings (SSSR count). The van der Waals surface area contributed by atoms with E-state index in [0.29, 0.717) is 0 Å². The van der Waals surface area contributed by atoms with Crippen molar-refractivity contribution in [2.45, 2.75) is 27.7 Å². The van der Waals surface area contributed by atoms with Gasteiger partial charge in [-0.1, -0.05) is 151 Å². The lowest BCUT2D eigenvalue weighted by atomic mass is 9.98. The van der Waals surface area contributed by atoms with Crippen LogP contribution < -0.4 is 0 Å². The maximum Gasteiger partial charge on any atom is 0.0728 e. The second-order valence-corrected chi connectivity index (χ2v) is 13.5. The minimum Gasteiger partial charge on any atom is -0.307 e. The first-order valence-corrected chi connectivity index (χ1v) is 17.3. The SMILES string of the molecule is C=C(C)c1ccc(-n2c3c4ccccc4sc3c3c4ccccc4c4ccccc4c32)cc1.Cc1ccccc1.Cc1ccccc1C. The van der Waals surface area contributed by atoms with Gasteiger partial charge in [0.05, 0.1) is 15.7 Å². The van der Waals surface area contributed by atoms with Crippen LogP contribution in [0.1, 0.15) is 29.2 Å². The molecule has 0 saturated heterocycles. The van der Waals surface area contributed by atoms with Gasteiger partial charge in [-0.15, -0.1) is 11.3 Å². The van der Waals surface area contributed by atoms with E-state index in [1.54, 1.807) is 0 Å². The minimum atomic E-state index is 1.08. The van der Waals surface area contributed by atoms with Crippen LogP contribution in [0.15, 0.2) is 158 Å². The molecule has 0 bridgehead atoms. The quantitative estimate of drug-likeness (QED) is 0.166. The summed E-state index contributed by atoms with van der Waals surface area (Å²) in [6.07, 6.45) is 0. The highest BCUT2D eigenvalue weighted by Crippen LogP contribution is 2.47. The van der Waals surface area contributed by atoms with Gasteiger partial charge >= 0.3 is 0 Å². The van der Waals surface area contributed by atoms with Gasteiger partial charge in [0.25, 0.3) is 0 Å². The lowest BCUT2D eigenvalue weighted by molar-refractivity contribution is 1.19. The number of thiophene rings is 1. The van der Waals surface area contributed by atoms with Gasteiger partial charge in [-0.05, 0) is 78.7 Å². The van der Waals surface area contributed by atoms with E-state index in [2.05, 4.69) is 172 Å². The van der Waals surface area contributed by atoms with E-state index in [1.807, 2.05) is 29.5 Å². The van der Waals surface area contributed by atoms with Crippen LogP contribution in [0.3, 0.4) is 0 Å². The van der Waals surface area contributed by atoms with Gasteiger partial charge in [0, 0.05) is 26.5 Å². The Morgan fingerprint density at radius 2 is 1.00 bits per heavy atom. The molecule has 0 unspecified atom stereocenters. The number of rotatable bonds is 2. The molecular formula is C46H39NS. The molecule has 0 aliphatic heterocycles. The van der Waals surface area contributed by atoms with Crippen molar-refractivity contribution in [3.05, 3.63) is 180 Å². The Bertz CT molecular complexity index is 2530. The van der Waals surface area contributed by atoms with Crippen molar-refractivity contribution in [2.75, 3.05) is 0 Å². The normalized spacial score (nSPS) is 11.0. The topological polar surface area (TPSA) is 4.93 Å². The molecule has 0 radical (unpaired) electrons. The molecule has 0 fully saturated rings. The van der Waals surface area contributed by atoms with Crippen molar-refractivity contribution >= 4 is 69.7 Å². The van der Waals surface area contributed by atoms with Crippen molar-refractivity contribution < 1.29 is 0 Å². The molecule has 0 N–H and O–H groups in total. The number of benzene rings is 7. The number of aromatic nitrogens is 1. The average Bonchev–Trinajstić information content (AvgIpc) is 3.66. The van der Waals surface area contributed by atoms with E-state index in [-0.39, 0.29) is 0 Å². The predicted molar refractivity (Wildman–Crippen MR) is 213 cm³/mol. The maximum atomic E-state index is 4.12. The number of hydrogen-bond acceptors (Lipinski definition) is 1. The van der Waals surface area contributed by atoms with Gasteiger partial charge in [-0.25, -0.2) is 0 Å². The van der Waals surface area contributed by atoms with Gasteiger partial charge in [0.2, 0.25) is 0 Å². The third-order valence-electron chi connectivity index (χ3n) is 9.13. The summed E-state index contributed by atoms with van der Waals surface area (Å²) in [6, 6.07) is 53.9. The predicted octanol–water partition coefficient (Wildman–Crippen LogP) is 13.6. The monoisotopic (exact) mass is 637 g/mol. The molecule has 0 saturated carbocycles. The summed E-state index contributed by atoms with van der Waals surface area (Å²) >= 11 is 1.90. The van der Waals surface area contributed by atoms with Crippen LogP contribution in [0.5, 0.6) is 0 Å². The van der Waals surface area contributed by atoms with Crippen molar-refractivity contribution in [3.63, 3.8) is 0 Å². The van der Waals surface area contributed by atoms with Gasteiger partial charge < -0.3 is 4.57 Å². The summed E-state index contributed by atoms with van der Waals surface area (Å²) < 4.78 is 5.17. The Kier molecular flexibility index (Phi) is 8.67. The fourth-order valence-corrected chi connectivity index (χ4v) is 7.72. The van der Waals surface area contributed by atoms with Crippen LogP contribution in [0.2, 0.25) is 0 Å². The molecule has 2 heterocycles. The van der Waals surface area contributed by atoms with E-state index in [0.717, 1.165) is 5.57 Å². The first-order chi connectivity index (χ1) is 23.4. The van der Waals surface area contributed by atoms with Crippen LogP contribution in [-0.2, 0) is 0 Å². The standard InChI is InChI=1S/C31H21NS.C8H10.C7H8/c1-19(2)20-15-17-21(18-16-20)32-29-25-12-6-4-10-23(25)22-9-3-5-11-24(22)28(29)31-30(32)26-13-7-8-14-27(26)33-31;1-7-5-3-4-6-8(7)2;1-7-5-3-2-4-6-7/h3-18H,1H2,2H3;3-6H,1-2H3;2-6H,1H3. The molecular weight excluding hydrogens is 599 g/mol. The van der Waals surface area contributed by atoms with E-state index < -0.39 is 0 Å². The Morgan fingerprint density at radius 1 is 0.500 bits per heavy atom. The molecule has 2 aromatic heterocycles. The number of nitrogens with zero attached hydrogens (tertiary/aromatic N) is 1. The van der Waals surface area contributed by atoms with Gasteiger partial charge in [0.15, 0.2) is 0 Å². The first-order valence-electron chi connectivity index (χ1n) is 16.5. The maximum absolute atomic E-state index is 4.12. The summed E-state index contributed by atoms with van der Waals surface area (Å²) in [4.78, 5) is 0. The fourth-order valence-electron chi connectivity index (χ4n) is 6.47. The van der Waals surface area contributed by atoms with Crippen molar-refractivity contribution in [1.29, 1.82) is 0 Å². The molecule has 0 aliphatic carbocycles. The van der Waals surface area contributed by atoms with Crippen molar-refractivity contribution in [1.82, 2.24) is 4.57 Å². The molecule has 9 aromatic rings. The largest absolute Gasteiger partial charge is 0.307 e. The minimum absolute atomic E-state index is 1.08. The summed E-state index contributed by atoms with van der Waals surface area (Å²) in [5.41, 5.74) is 10.1. The van der Waals surface area contributed by atoms with Gasteiger partial charge in [-0.3, -0.25) is 0 Å². The molecule has 48 heavy (non-hydrogen) atoms. The van der Waals surface area contributed by atoms with Crippen LogP contribution in [0.25, 0.3) is 64.0 Å². The van der Waals surface area contributed by atoms with Gasteiger partial charge in [-0.2, -0.15) is 0 Å². The second kappa shape index (κ2) is 13.4. The Labute approximate surface area is 287 Å². The van der Waals surface area contributed by atoms with Gasteiger partial charge in [0.1, 0.15) is 0 Å². The molecule has 1 nitrogen and oxygen atoms in total. The summed E-state index contributed by atoms with van der Waals surface area (Å²) in [5, 5.41) is 7.89. The van der Waals surface area contributed by atoms with Crippen molar-refractivity contribution in [3.8, 4) is 5.69 Å². The Hall–Kier alpha value is -5.44. The lowest BCUT2D eigenvalue weighted by Crippen LogP contribution is -1.95. The van der Waals surface area contributed by atoms with Crippen LogP contribution in [0, 0.1) is 20.8 Å². The summed E-state index contributed by atoms with van der Waals surface area (Å²) in [5.74, 6) is 0. The van der Waals surface area contributed by atoms with E-state index in [4.69, 9.17) is 0 Å². The first kappa shape index (κ1) is 31.2. The van der Waals surface area contributed by atoms with E-state index in [1.165, 1.54) is 80.7 Å². The Morgan fingerprint density at radius 3 is 1.56 bits per heavy atom. The smallest absolute Gasteiger partial charge is 0.0728 e. The number of allylic oxidation sites excluding steroid dienone is 1. The zero-order valence-corrected chi connectivity index (χ0v) is 28.8. The molecule has 0 aliphatic rings. The number of fused-ring (bicyclic) bond motifs is 10. The average molecular weight is 638 g/mol. The zero-order valence-electron chi connectivity index (χ0n) is 28.0. The molecule has 234 valence electrons. The molecule has 0 amide bonds. The van der Waals surface area contributed by atoms with Crippen LogP contribution in [0.4, 0.5) is 0 Å².